The summed E-state index contributed by atoms with van der Waals surface area (Å²) >= 11 is 2.02. The zero-order valence-corrected chi connectivity index (χ0v) is 11.8. The molecule has 2 aliphatic heterocycles. The van der Waals surface area contributed by atoms with Gasteiger partial charge < -0.3 is 15.1 Å². The van der Waals surface area contributed by atoms with E-state index in [1.807, 2.05) is 16.7 Å². The molecule has 100 valence electrons. The van der Waals surface area contributed by atoms with Crippen LogP contribution in [-0.2, 0) is 4.79 Å². The van der Waals surface area contributed by atoms with Gasteiger partial charge in [-0.05, 0) is 0 Å². The highest BCUT2D eigenvalue weighted by Gasteiger charge is 2.17. The summed E-state index contributed by atoms with van der Waals surface area (Å²) in [5, 5.41) is 3.27. The van der Waals surface area contributed by atoms with E-state index in [1.165, 1.54) is 11.5 Å². The van der Waals surface area contributed by atoms with E-state index in [-0.39, 0.29) is 12.4 Å². The molecule has 0 atom stereocenters. The quantitative estimate of drug-likeness (QED) is 0.805. The Kier molecular flexibility index (Phi) is 7.27. The van der Waals surface area contributed by atoms with Gasteiger partial charge in [0.05, 0.1) is 0 Å². The summed E-state index contributed by atoms with van der Waals surface area (Å²) in [6, 6.07) is 0. The Bertz CT molecular complexity index is 231. The summed E-state index contributed by atoms with van der Waals surface area (Å²) in [6.45, 7) is 6.92. The van der Waals surface area contributed by atoms with Crippen LogP contribution in [0.25, 0.3) is 0 Å². The van der Waals surface area contributed by atoms with Gasteiger partial charge >= 0.3 is 0 Å². The van der Waals surface area contributed by atoms with Gasteiger partial charge in [-0.1, -0.05) is 0 Å². The lowest BCUT2D eigenvalue weighted by atomic mass is 10.3. The number of hydrogen-bond donors (Lipinski definition) is 1. The van der Waals surface area contributed by atoms with Crippen molar-refractivity contribution in [3.8, 4) is 0 Å². The molecule has 2 heterocycles. The van der Waals surface area contributed by atoms with E-state index >= 15 is 0 Å². The van der Waals surface area contributed by atoms with Gasteiger partial charge in [-0.3, -0.25) is 4.79 Å². The molecule has 0 aliphatic carbocycles. The first-order valence-corrected chi connectivity index (χ1v) is 7.30. The van der Waals surface area contributed by atoms with Crippen molar-refractivity contribution in [1.82, 2.24) is 15.1 Å². The summed E-state index contributed by atoms with van der Waals surface area (Å²) in [5.74, 6) is 2.78. The average molecular weight is 280 g/mol. The minimum Gasteiger partial charge on any atom is -0.340 e. The number of carbonyl (C=O) groups excluding carboxylic acids is 1. The fourth-order valence-electron chi connectivity index (χ4n) is 2.15. The minimum atomic E-state index is 0. The van der Waals surface area contributed by atoms with Gasteiger partial charge in [-0.2, -0.15) is 11.8 Å². The van der Waals surface area contributed by atoms with Crippen LogP contribution in [0.2, 0.25) is 0 Å². The van der Waals surface area contributed by atoms with Crippen molar-refractivity contribution in [3.05, 3.63) is 0 Å². The molecule has 1 amide bonds. The molecule has 2 aliphatic rings. The molecule has 0 aromatic rings. The Labute approximate surface area is 114 Å². The number of halogens is 1. The van der Waals surface area contributed by atoms with Crippen molar-refractivity contribution in [2.75, 3.05) is 57.3 Å². The Morgan fingerprint density at radius 2 is 1.76 bits per heavy atom. The van der Waals surface area contributed by atoms with Crippen LogP contribution in [0.3, 0.4) is 0 Å². The summed E-state index contributed by atoms with van der Waals surface area (Å²) < 4.78 is 0. The van der Waals surface area contributed by atoms with E-state index in [0.717, 1.165) is 45.8 Å². The molecule has 1 N–H and O–H groups in total. The molecular formula is C11H22ClN3OS. The van der Waals surface area contributed by atoms with Crippen LogP contribution in [0.4, 0.5) is 0 Å². The monoisotopic (exact) mass is 279 g/mol. The normalized spacial score (nSPS) is 22.0. The molecule has 0 unspecified atom stereocenters. The van der Waals surface area contributed by atoms with Crippen molar-refractivity contribution in [3.63, 3.8) is 0 Å². The SMILES string of the molecule is Cl.O=C(CCN1CCSCC1)N1CCNCC1. The predicted octanol–water partition coefficient (Wildman–Crippen LogP) is 0.279. The van der Waals surface area contributed by atoms with Crippen LogP contribution in [-0.4, -0.2) is 73.0 Å². The highest BCUT2D eigenvalue weighted by atomic mass is 35.5. The van der Waals surface area contributed by atoms with Crippen molar-refractivity contribution >= 4 is 30.1 Å². The van der Waals surface area contributed by atoms with Crippen molar-refractivity contribution < 1.29 is 4.79 Å². The van der Waals surface area contributed by atoms with Crippen LogP contribution in [0.15, 0.2) is 0 Å². The molecule has 2 rings (SSSR count). The number of carbonyl (C=O) groups is 1. The van der Waals surface area contributed by atoms with Gasteiger partial charge in [-0.15, -0.1) is 12.4 Å². The second kappa shape index (κ2) is 8.19. The molecule has 0 radical (unpaired) electrons. The third-order valence-corrected chi connectivity index (χ3v) is 4.16. The lowest BCUT2D eigenvalue weighted by Crippen LogP contribution is -2.47. The highest BCUT2D eigenvalue weighted by molar-refractivity contribution is 7.99. The van der Waals surface area contributed by atoms with Gasteiger partial charge in [0.1, 0.15) is 0 Å². The maximum atomic E-state index is 11.9. The fraction of sp³-hybridized carbons (Fsp3) is 0.909. The molecule has 0 aromatic carbocycles. The van der Waals surface area contributed by atoms with Crippen LogP contribution in [0.5, 0.6) is 0 Å². The average Bonchev–Trinajstić information content (AvgIpc) is 2.38. The molecule has 2 saturated heterocycles. The molecule has 0 bridgehead atoms. The van der Waals surface area contributed by atoms with E-state index in [2.05, 4.69) is 10.2 Å². The van der Waals surface area contributed by atoms with Crippen molar-refractivity contribution in [2.45, 2.75) is 6.42 Å². The van der Waals surface area contributed by atoms with E-state index in [4.69, 9.17) is 0 Å². The van der Waals surface area contributed by atoms with Gasteiger partial charge in [0.25, 0.3) is 0 Å². The maximum absolute atomic E-state index is 11.9. The molecule has 0 spiro atoms. The van der Waals surface area contributed by atoms with Gasteiger partial charge in [0, 0.05) is 63.7 Å². The minimum absolute atomic E-state index is 0. The molecule has 2 fully saturated rings. The predicted molar refractivity (Wildman–Crippen MR) is 75.1 cm³/mol. The fourth-order valence-corrected chi connectivity index (χ4v) is 3.13. The number of thioether (sulfide) groups is 1. The Hall–Kier alpha value is 0.0300. The van der Waals surface area contributed by atoms with Crippen LogP contribution >= 0.6 is 24.2 Å². The van der Waals surface area contributed by atoms with E-state index in [9.17, 15) is 4.79 Å². The first kappa shape index (κ1) is 15.1. The summed E-state index contributed by atoms with van der Waals surface area (Å²) in [7, 11) is 0. The van der Waals surface area contributed by atoms with Crippen molar-refractivity contribution in [2.24, 2.45) is 0 Å². The van der Waals surface area contributed by atoms with E-state index < -0.39 is 0 Å². The highest BCUT2D eigenvalue weighted by Crippen LogP contribution is 2.09. The second-order valence-electron chi connectivity index (χ2n) is 4.33. The lowest BCUT2D eigenvalue weighted by molar-refractivity contribution is -0.132. The molecular weight excluding hydrogens is 258 g/mol. The summed E-state index contributed by atoms with van der Waals surface area (Å²) in [6.07, 6.45) is 0.699. The van der Waals surface area contributed by atoms with Gasteiger partial charge in [0.15, 0.2) is 0 Å². The number of nitrogens with zero attached hydrogens (tertiary/aromatic N) is 2. The van der Waals surface area contributed by atoms with Crippen LogP contribution < -0.4 is 5.32 Å². The van der Waals surface area contributed by atoms with Gasteiger partial charge in [0.2, 0.25) is 5.91 Å². The molecule has 4 nitrogen and oxygen atoms in total. The number of amides is 1. The zero-order chi connectivity index (χ0) is 11.2. The number of piperazine rings is 1. The lowest BCUT2D eigenvalue weighted by Gasteiger charge is -2.30. The molecule has 0 saturated carbocycles. The number of rotatable bonds is 3. The van der Waals surface area contributed by atoms with E-state index in [0.29, 0.717) is 12.3 Å². The standard InChI is InChI=1S/C11H21N3OS.ClH/c15-11(14-5-2-12-3-6-14)1-4-13-7-9-16-10-8-13;/h12H,1-10H2;1H. The van der Waals surface area contributed by atoms with Crippen LogP contribution in [0, 0.1) is 0 Å². The third-order valence-electron chi connectivity index (χ3n) is 3.22. The number of nitrogens with one attached hydrogen (secondary N) is 1. The maximum Gasteiger partial charge on any atom is 0.223 e. The van der Waals surface area contributed by atoms with Crippen LogP contribution in [0.1, 0.15) is 6.42 Å². The first-order valence-electron chi connectivity index (χ1n) is 6.15. The van der Waals surface area contributed by atoms with Crippen molar-refractivity contribution in [1.29, 1.82) is 0 Å². The summed E-state index contributed by atoms with van der Waals surface area (Å²) in [5.41, 5.74) is 0. The van der Waals surface area contributed by atoms with E-state index in [1.54, 1.807) is 0 Å². The first-order chi connectivity index (χ1) is 7.86. The Balaban J connectivity index is 0.00000144. The Morgan fingerprint density at radius 3 is 2.41 bits per heavy atom. The number of hydrogen-bond acceptors (Lipinski definition) is 4. The third kappa shape index (κ3) is 5.04. The second-order valence-corrected chi connectivity index (χ2v) is 5.56. The Morgan fingerprint density at radius 1 is 1.12 bits per heavy atom. The molecule has 17 heavy (non-hydrogen) atoms. The molecule has 0 aromatic heterocycles. The topological polar surface area (TPSA) is 35.6 Å². The summed E-state index contributed by atoms with van der Waals surface area (Å²) in [4.78, 5) is 16.3. The smallest absolute Gasteiger partial charge is 0.223 e. The van der Waals surface area contributed by atoms with Gasteiger partial charge in [-0.25, -0.2) is 0 Å². The molecule has 6 heteroatoms. The zero-order valence-electron chi connectivity index (χ0n) is 10.2. The largest absolute Gasteiger partial charge is 0.340 e.